The lowest BCUT2D eigenvalue weighted by molar-refractivity contribution is -0.143. The second-order valence-electron chi connectivity index (χ2n) is 8.66. The Balaban J connectivity index is 1.51. The molecule has 2 aromatic rings. The average molecular weight is 463 g/mol. The Morgan fingerprint density at radius 2 is 2.09 bits per heavy atom. The minimum absolute atomic E-state index is 0.167. The molecule has 0 aromatic heterocycles. The number of aromatic carboxylic acids is 1. The second kappa shape index (κ2) is 9.56. The van der Waals surface area contributed by atoms with E-state index in [0.29, 0.717) is 55.9 Å². The number of benzene rings is 2. The van der Waals surface area contributed by atoms with E-state index in [9.17, 15) is 24.8 Å². The summed E-state index contributed by atoms with van der Waals surface area (Å²) >= 11 is 0. The Kier molecular flexibility index (Phi) is 6.55. The molecule has 1 aliphatic carbocycles. The number of carbonyl (C=O) groups is 3. The minimum Gasteiger partial charge on any atom is -0.493 e. The van der Waals surface area contributed by atoms with Crippen molar-refractivity contribution in [3.05, 3.63) is 58.7 Å². The molecule has 4 rings (SSSR count). The van der Waals surface area contributed by atoms with Crippen LogP contribution in [0.1, 0.15) is 59.7 Å². The Morgan fingerprint density at radius 1 is 1.26 bits per heavy atom. The van der Waals surface area contributed by atoms with Gasteiger partial charge in [-0.05, 0) is 68.5 Å². The molecule has 2 atom stereocenters. The molecule has 34 heavy (non-hydrogen) atoms. The Hall–Kier alpha value is -3.86. The van der Waals surface area contributed by atoms with Crippen molar-refractivity contribution in [3.63, 3.8) is 0 Å². The van der Waals surface area contributed by atoms with Crippen molar-refractivity contribution < 1.29 is 29.0 Å². The maximum Gasteiger partial charge on any atom is 0.335 e. The summed E-state index contributed by atoms with van der Waals surface area (Å²) in [5, 5.41) is 21.7. The van der Waals surface area contributed by atoms with Crippen molar-refractivity contribution in [2.24, 2.45) is 5.92 Å². The minimum atomic E-state index is -1.02. The van der Waals surface area contributed by atoms with E-state index >= 15 is 0 Å². The largest absolute Gasteiger partial charge is 0.493 e. The number of hydrogen-bond acceptors (Lipinski definition) is 6. The first-order valence-electron chi connectivity index (χ1n) is 11.4. The summed E-state index contributed by atoms with van der Waals surface area (Å²) in [4.78, 5) is 36.4. The third-order valence-electron chi connectivity index (χ3n) is 6.59. The van der Waals surface area contributed by atoms with Crippen molar-refractivity contribution >= 4 is 23.5 Å². The Labute approximate surface area is 197 Å². The number of anilines is 1. The standard InChI is InChI=1S/C26H26N2O6/c1-2-33-23(29)5-3-4-17-7-6-16(15-27)12-21(17)28-24(30)20-14-26(20)10-11-34-22-9-8-18(25(31)32)13-19(22)26/h6-9,12-13,20H,2-5,10-11,14H2,1H3,(H,28,30)(H,31,32)/t20-,26-/m0/s1. The predicted molar refractivity (Wildman–Crippen MR) is 123 cm³/mol. The fourth-order valence-corrected chi connectivity index (χ4v) is 4.74. The summed E-state index contributed by atoms with van der Waals surface area (Å²) in [7, 11) is 0. The van der Waals surface area contributed by atoms with Crippen molar-refractivity contribution in [2.45, 2.75) is 44.4 Å². The number of aryl methyl sites for hydroxylation is 1. The van der Waals surface area contributed by atoms with Gasteiger partial charge in [-0.25, -0.2) is 4.79 Å². The van der Waals surface area contributed by atoms with Crippen LogP contribution in [0.4, 0.5) is 5.69 Å². The molecule has 0 unspecified atom stereocenters. The molecule has 0 radical (unpaired) electrons. The highest BCUT2D eigenvalue weighted by molar-refractivity contribution is 5.97. The quantitative estimate of drug-likeness (QED) is 0.571. The van der Waals surface area contributed by atoms with E-state index in [1.165, 1.54) is 6.07 Å². The Morgan fingerprint density at radius 3 is 2.82 bits per heavy atom. The van der Waals surface area contributed by atoms with Gasteiger partial charge in [-0.2, -0.15) is 5.26 Å². The number of amides is 1. The van der Waals surface area contributed by atoms with Gasteiger partial charge >= 0.3 is 11.9 Å². The van der Waals surface area contributed by atoms with Gasteiger partial charge in [-0.15, -0.1) is 0 Å². The lowest BCUT2D eigenvalue weighted by atomic mass is 9.86. The molecule has 1 saturated carbocycles. The topological polar surface area (TPSA) is 126 Å². The number of carbonyl (C=O) groups excluding carboxylic acids is 2. The van der Waals surface area contributed by atoms with Crippen LogP contribution in [0.5, 0.6) is 5.75 Å². The van der Waals surface area contributed by atoms with E-state index in [2.05, 4.69) is 11.4 Å². The number of nitrogens with zero attached hydrogens (tertiary/aromatic N) is 1. The van der Waals surface area contributed by atoms with Crippen molar-refractivity contribution in [3.8, 4) is 11.8 Å². The molecule has 1 amide bonds. The van der Waals surface area contributed by atoms with Crippen LogP contribution in [0.2, 0.25) is 0 Å². The van der Waals surface area contributed by atoms with Crippen LogP contribution >= 0.6 is 0 Å². The number of nitriles is 1. The molecule has 1 heterocycles. The van der Waals surface area contributed by atoms with Crippen LogP contribution in [0.15, 0.2) is 36.4 Å². The Bertz CT molecular complexity index is 1180. The second-order valence-corrected chi connectivity index (χ2v) is 8.66. The first-order valence-corrected chi connectivity index (χ1v) is 11.4. The third kappa shape index (κ3) is 4.60. The van der Waals surface area contributed by atoms with Gasteiger partial charge in [-0.1, -0.05) is 6.07 Å². The normalized spacial score (nSPS) is 19.9. The first kappa shape index (κ1) is 23.3. The molecular weight excluding hydrogens is 436 g/mol. The van der Waals surface area contributed by atoms with E-state index in [1.54, 1.807) is 37.3 Å². The fourth-order valence-electron chi connectivity index (χ4n) is 4.74. The van der Waals surface area contributed by atoms with E-state index in [-0.39, 0.29) is 29.8 Å². The zero-order valence-corrected chi connectivity index (χ0v) is 18.9. The van der Waals surface area contributed by atoms with E-state index < -0.39 is 11.4 Å². The molecule has 1 spiro atoms. The summed E-state index contributed by atoms with van der Waals surface area (Å²) in [5.41, 5.74) is 2.31. The number of ether oxygens (including phenoxy) is 2. The van der Waals surface area contributed by atoms with Crippen molar-refractivity contribution in [1.82, 2.24) is 0 Å². The maximum absolute atomic E-state index is 13.3. The SMILES string of the molecule is CCOC(=O)CCCc1ccc(C#N)cc1NC(=O)[C@@H]1C[C@]12CCOc1ccc(C(=O)O)cc12. The molecule has 0 bridgehead atoms. The monoisotopic (exact) mass is 462 g/mol. The highest BCUT2D eigenvalue weighted by atomic mass is 16.5. The van der Waals surface area contributed by atoms with Crippen LogP contribution < -0.4 is 10.1 Å². The number of rotatable bonds is 8. The van der Waals surface area contributed by atoms with Crippen LogP contribution in [-0.2, 0) is 26.2 Å². The lowest BCUT2D eigenvalue weighted by Crippen LogP contribution is -2.27. The summed E-state index contributed by atoms with van der Waals surface area (Å²) in [5.74, 6) is -1.16. The summed E-state index contributed by atoms with van der Waals surface area (Å²) in [6.45, 7) is 2.56. The van der Waals surface area contributed by atoms with Crippen LogP contribution in [0.3, 0.4) is 0 Å². The van der Waals surface area contributed by atoms with Gasteiger partial charge in [-0.3, -0.25) is 9.59 Å². The molecule has 8 heteroatoms. The molecule has 1 fully saturated rings. The van der Waals surface area contributed by atoms with Gasteiger partial charge in [0.25, 0.3) is 0 Å². The molecule has 1 aliphatic heterocycles. The zero-order chi connectivity index (χ0) is 24.3. The maximum atomic E-state index is 13.3. The molecule has 2 N–H and O–H groups in total. The summed E-state index contributed by atoms with van der Waals surface area (Å²) in [6.07, 6.45) is 2.62. The van der Waals surface area contributed by atoms with Gasteiger partial charge in [0.15, 0.2) is 0 Å². The molecular formula is C26H26N2O6. The van der Waals surface area contributed by atoms with Crippen LogP contribution in [0, 0.1) is 17.2 Å². The fraction of sp³-hybridized carbons (Fsp3) is 0.385. The highest BCUT2D eigenvalue weighted by Gasteiger charge is 2.61. The number of nitrogens with one attached hydrogen (secondary N) is 1. The lowest BCUT2D eigenvalue weighted by Gasteiger charge is -2.27. The predicted octanol–water partition coefficient (Wildman–Crippen LogP) is 3.82. The average Bonchev–Trinajstić information content (AvgIpc) is 3.54. The van der Waals surface area contributed by atoms with E-state index in [1.807, 2.05) is 0 Å². The molecule has 8 nitrogen and oxygen atoms in total. The summed E-state index contributed by atoms with van der Waals surface area (Å²) < 4.78 is 10.7. The number of carboxylic acid groups (broad SMARTS) is 1. The van der Waals surface area contributed by atoms with Gasteiger partial charge in [0.05, 0.1) is 30.4 Å². The number of esters is 1. The third-order valence-corrected chi connectivity index (χ3v) is 6.59. The first-order chi connectivity index (χ1) is 16.4. The van der Waals surface area contributed by atoms with Gasteiger partial charge in [0, 0.05) is 29.0 Å². The number of carboxylic acids is 1. The number of fused-ring (bicyclic) bond motifs is 2. The van der Waals surface area contributed by atoms with Crippen LogP contribution in [-0.4, -0.2) is 36.2 Å². The van der Waals surface area contributed by atoms with E-state index in [0.717, 1.165) is 11.1 Å². The summed E-state index contributed by atoms with van der Waals surface area (Å²) in [6, 6.07) is 12.0. The smallest absolute Gasteiger partial charge is 0.335 e. The van der Waals surface area contributed by atoms with Crippen molar-refractivity contribution in [2.75, 3.05) is 18.5 Å². The van der Waals surface area contributed by atoms with Gasteiger partial charge < -0.3 is 19.9 Å². The molecule has 0 saturated heterocycles. The molecule has 176 valence electrons. The van der Waals surface area contributed by atoms with Gasteiger partial charge in [0.1, 0.15) is 5.75 Å². The van der Waals surface area contributed by atoms with Crippen molar-refractivity contribution in [1.29, 1.82) is 5.26 Å². The molecule has 2 aliphatic rings. The molecule has 2 aromatic carbocycles. The number of hydrogen-bond donors (Lipinski definition) is 2. The highest BCUT2D eigenvalue weighted by Crippen LogP contribution is 2.61. The zero-order valence-electron chi connectivity index (χ0n) is 18.9. The van der Waals surface area contributed by atoms with E-state index in [4.69, 9.17) is 9.47 Å². The van der Waals surface area contributed by atoms with Gasteiger partial charge in [0.2, 0.25) is 5.91 Å². The van der Waals surface area contributed by atoms with Crippen LogP contribution in [0.25, 0.3) is 0 Å².